The zero-order valence-corrected chi connectivity index (χ0v) is 20.7. The molecule has 0 bridgehead atoms. The van der Waals surface area contributed by atoms with Crippen LogP contribution in [0.2, 0.25) is 0 Å². The molecule has 0 aliphatic carbocycles. The quantitative estimate of drug-likeness (QED) is 0.211. The predicted molar refractivity (Wildman–Crippen MR) is 129 cm³/mol. The summed E-state index contributed by atoms with van der Waals surface area (Å²) in [5.41, 5.74) is 7.61. The number of benzene rings is 4. The van der Waals surface area contributed by atoms with Gasteiger partial charge >= 0.3 is 0 Å². The molecule has 0 aliphatic heterocycles. The largest absolute Gasteiger partial charge is 0.488 e. The first-order chi connectivity index (χ1) is 16.3. The number of aryl methyl sites for hydroxylation is 1. The van der Waals surface area contributed by atoms with Gasteiger partial charge in [0.25, 0.3) is 0 Å². The SMILES string of the molecule is Cc1nc2cc(-c3ncnn3-c3c(-c4ccccc4)cccc3-c3ccccc3)[c-]cc2o1.[Ir]. The van der Waals surface area contributed by atoms with E-state index in [0.29, 0.717) is 17.3 Å². The molecule has 2 heterocycles. The summed E-state index contributed by atoms with van der Waals surface area (Å²) in [5.74, 6) is 1.32. The number of para-hydroxylation sites is 1. The van der Waals surface area contributed by atoms with E-state index < -0.39 is 0 Å². The van der Waals surface area contributed by atoms with Crippen LogP contribution in [0.1, 0.15) is 5.89 Å². The maximum Gasteiger partial charge on any atom is 0.180 e. The molecule has 0 amide bonds. The molecule has 0 N–H and O–H groups in total. The maximum atomic E-state index is 5.62. The van der Waals surface area contributed by atoms with Gasteiger partial charge in [-0.05, 0) is 11.1 Å². The number of oxazole rings is 1. The fraction of sp³-hybridized carbons (Fsp3) is 0.0357. The summed E-state index contributed by atoms with van der Waals surface area (Å²) in [5, 5.41) is 4.66. The summed E-state index contributed by atoms with van der Waals surface area (Å²) < 4.78 is 7.52. The second-order valence-electron chi connectivity index (χ2n) is 7.76. The molecular weight excluding hydrogens is 601 g/mol. The number of hydrogen-bond donors (Lipinski definition) is 0. The van der Waals surface area contributed by atoms with Gasteiger partial charge in [-0.15, -0.1) is 23.8 Å². The third-order valence-electron chi connectivity index (χ3n) is 5.63. The van der Waals surface area contributed by atoms with Crippen LogP contribution in [0.15, 0.2) is 102 Å². The van der Waals surface area contributed by atoms with Crippen molar-refractivity contribution in [1.82, 2.24) is 19.7 Å². The molecule has 0 saturated heterocycles. The van der Waals surface area contributed by atoms with Gasteiger partial charge in [0.15, 0.2) is 5.89 Å². The molecule has 0 saturated carbocycles. The first kappa shape index (κ1) is 22.0. The van der Waals surface area contributed by atoms with E-state index in [1.54, 1.807) is 6.33 Å². The van der Waals surface area contributed by atoms with Crippen molar-refractivity contribution in [2.24, 2.45) is 0 Å². The molecule has 4 aromatic carbocycles. The van der Waals surface area contributed by atoms with Crippen molar-refractivity contribution in [2.75, 3.05) is 0 Å². The van der Waals surface area contributed by atoms with Crippen LogP contribution >= 0.6 is 0 Å². The molecule has 0 atom stereocenters. The van der Waals surface area contributed by atoms with Crippen LogP contribution < -0.4 is 0 Å². The maximum absolute atomic E-state index is 5.62. The molecule has 1 radical (unpaired) electrons. The minimum atomic E-state index is 0. The summed E-state index contributed by atoms with van der Waals surface area (Å²) in [6.07, 6.45) is 1.58. The molecule has 6 heteroatoms. The number of aromatic nitrogens is 4. The van der Waals surface area contributed by atoms with Crippen LogP contribution in [-0.4, -0.2) is 19.7 Å². The zero-order valence-electron chi connectivity index (χ0n) is 18.3. The van der Waals surface area contributed by atoms with E-state index in [2.05, 4.69) is 63.6 Å². The van der Waals surface area contributed by atoms with Crippen molar-refractivity contribution in [3.8, 4) is 39.3 Å². The fourth-order valence-corrected chi connectivity index (χ4v) is 4.18. The van der Waals surface area contributed by atoms with Crippen LogP contribution in [0.4, 0.5) is 0 Å². The molecule has 5 nitrogen and oxygen atoms in total. The van der Waals surface area contributed by atoms with E-state index >= 15 is 0 Å². The van der Waals surface area contributed by atoms with Gasteiger partial charge in [0.05, 0.1) is 17.1 Å². The summed E-state index contributed by atoms with van der Waals surface area (Å²) >= 11 is 0. The Balaban J connectivity index is 0.00000241. The molecule has 0 spiro atoms. The van der Waals surface area contributed by atoms with E-state index in [1.165, 1.54) is 0 Å². The minimum Gasteiger partial charge on any atom is -0.488 e. The van der Waals surface area contributed by atoms with Crippen molar-refractivity contribution in [1.29, 1.82) is 0 Å². The van der Waals surface area contributed by atoms with Crippen LogP contribution in [-0.2, 0) is 20.1 Å². The Labute approximate surface area is 210 Å². The van der Waals surface area contributed by atoms with Gasteiger partial charge in [0.2, 0.25) is 0 Å². The summed E-state index contributed by atoms with van der Waals surface area (Å²) in [6, 6.07) is 34.1. The Kier molecular flexibility index (Phi) is 5.93. The molecule has 0 aliphatic rings. The zero-order chi connectivity index (χ0) is 22.2. The van der Waals surface area contributed by atoms with Gasteiger partial charge < -0.3 is 4.42 Å². The number of fused-ring (bicyclic) bond motifs is 1. The Morgan fingerprint density at radius 2 is 1.47 bits per heavy atom. The van der Waals surface area contributed by atoms with Crippen LogP contribution in [0.25, 0.3) is 50.4 Å². The normalized spacial score (nSPS) is 10.9. The Morgan fingerprint density at radius 3 is 2.12 bits per heavy atom. The molecule has 34 heavy (non-hydrogen) atoms. The smallest absolute Gasteiger partial charge is 0.180 e. The van der Waals surface area contributed by atoms with Gasteiger partial charge in [-0.25, -0.2) is 4.98 Å². The van der Waals surface area contributed by atoms with Crippen molar-refractivity contribution in [2.45, 2.75) is 6.92 Å². The van der Waals surface area contributed by atoms with Gasteiger partial charge in [0, 0.05) is 43.7 Å². The molecule has 2 aromatic heterocycles. The van der Waals surface area contributed by atoms with E-state index in [9.17, 15) is 0 Å². The predicted octanol–water partition coefficient (Wildman–Crippen LogP) is 6.52. The van der Waals surface area contributed by atoms with Crippen molar-refractivity contribution in [3.63, 3.8) is 0 Å². The van der Waals surface area contributed by atoms with Gasteiger partial charge in [-0.1, -0.05) is 78.9 Å². The van der Waals surface area contributed by atoms with Gasteiger partial charge in [-0.3, -0.25) is 9.67 Å². The molecule has 167 valence electrons. The Hall–Kier alpha value is -3.86. The number of hydrogen-bond acceptors (Lipinski definition) is 4. The first-order valence-electron chi connectivity index (χ1n) is 10.7. The second-order valence-corrected chi connectivity index (χ2v) is 7.76. The van der Waals surface area contributed by atoms with E-state index in [-0.39, 0.29) is 20.1 Å². The standard InChI is InChI=1S/C28H19N4O.Ir/c1-19-31-25-17-22(15-16-26(25)33-19)28-29-18-30-32(28)27-23(20-9-4-2-5-10-20)13-8-14-24(27)21-11-6-3-7-12-21;/h2-14,16-18H,1H3;/q-1;. The van der Waals surface area contributed by atoms with Gasteiger partial charge in [-0.2, -0.15) is 5.10 Å². The summed E-state index contributed by atoms with van der Waals surface area (Å²) in [6.45, 7) is 1.84. The van der Waals surface area contributed by atoms with E-state index in [0.717, 1.165) is 39.0 Å². The van der Waals surface area contributed by atoms with Crippen LogP contribution in [0.3, 0.4) is 0 Å². The Morgan fingerprint density at radius 1 is 0.824 bits per heavy atom. The molecule has 6 aromatic rings. The van der Waals surface area contributed by atoms with Crippen LogP contribution in [0, 0.1) is 13.0 Å². The average Bonchev–Trinajstić information content (AvgIpc) is 3.50. The summed E-state index contributed by atoms with van der Waals surface area (Å²) in [7, 11) is 0. The first-order valence-corrected chi connectivity index (χ1v) is 10.7. The summed E-state index contributed by atoms with van der Waals surface area (Å²) in [4.78, 5) is 9.08. The third kappa shape index (κ3) is 3.87. The van der Waals surface area contributed by atoms with Crippen molar-refractivity contribution < 1.29 is 24.5 Å². The average molecular weight is 620 g/mol. The molecule has 0 unspecified atom stereocenters. The van der Waals surface area contributed by atoms with Crippen molar-refractivity contribution >= 4 is 11.1 Å². The van der Waals surface area contributed by atoms with Crippen molar-refractivity contribution in [3.05, 3.63) is 109 Å². The van der Waals surface area contributed by atoms with Crippen LogP contribution in [0.5, 0.6) is 0 Å². The fourth-order valence-electron chi connectivity index (χ4n) is 4.18. The van der Waals surface area contributed by atoms with E-state index in [4.69, 9.17) is 4.42 Å². The van der Waals surface area contributed by atoms with E-state index in [1.807, 2.05) is 60.1 Å². The minimum absolute atomic E-state index is 0. The number of rotatable bonds is 4. The Bertz CT molecular complexity index is 1510. The number of nitrogens with zero attached hydrogens (tertiary/aromatic N) is 4. The monoisotopic (exact) mass is 620 g/mol. The third-order valence-corrected chi connectivity index (χ3v) is 5.63. The molecular formula is C28H19IrN4O-. The molecule has 0 fully saturated rings. The topological polar surface area (TPSA) is 56.7 Å². The van der Waals surface area contributed by atoms with Gasteiger partial charge in [0.1, 0.15) is 6.33 Å². The molecule has 6 rings (SSSR count). The second kappa shape index (κ2) is 9.18.